The first-order valence-corrected chi connectivity index (χ1v) is 8.28. The third-order valence-corrected chi connectivity index (χ3v) is 4.59. The minimum atomic E-state index is 0.168. The van der Waals surface area contributed by atoms with Gasteiger partial charge in [-0.15, -0.1) is 11.3 Å². The summed E-state index contributed by atoms with van der Waals surface area (Å²) in [5.41, 5.74) is 1.40. The number of thiazole rings is 1. The quantitative estimate of drug-likeness (QED) is 0.919. The number of hydrogen-bond donors (Lipinski definition) is 1. The van der Waals surface area contributed by atoms with Gasteiger partial charge in [0.15, 0.2) is 0 Å². The Labute approximate surface area is 121 Å². The second-order valence-corrected chi connectivity index (χ2v) is 7.44. The molecule has 1 unspecified atom stereocenters. The maximum absolute atomic E-state index is 4.83. The first kappa shape index (κ1) is 14.9. The van der Waals surface area contributed by atoms with E-state index in [1.165, 1.54) is 23.5 Å². The molecule has 0 saturated carbocycles. The first-order chi connectivity index (χ1) is 9.00. The Kier molecular flexibility index (Phi) is 4.98. The van der Waals surface area contributed by atoms with Gasteiger partial charge in [0.2, 0.25) is 0 Å². The Bertz CT molecular complexity index is 392. The molecule has 108 valence electrons. The summed E-state index contributed by atoms with van der Waals surface area (Å²) >= 11 is 1.82. The molecule has 1 N–H and O–H groups in total. The van der Waals surface area contributed by atoms with Crippen molar-refractivity contribution in [3.05, 3.63) is 16.1 Å². The highest BCUT2D eigenvalue weighted by Gasteiger charge is 2.23. The molecule has 1 atom stereocenters. The lowest BCUT2D eigenvalue weighted by Gasteiger charge is -2.35. The van der Waals surface area contributed by atoms with Crippen LogP contribution in [0.2, 0.25) is 0 Å². The number of hydrogen-bond acceptors (Lipinski definition) is 4. The van der Waals surface area contributed by atoms with Gasteiger partial charge in [-0.05, 0) is 6.42 Å². The standard InChI is InChI=1S/C15H27N3S/c1-5-6-12-9-16-7-8-18(12)10-14-17-13(11-19-14)15(2,3)4/h11-12,16H,5-10H2,1-4H3. The summed E-state index contributed by atoms with van der Waals surface area (Å²) in [5.74, 6) is 0. The molecule has 1 aromatic rings. The summed E-state index contributed by atoms with van der Waals surface area (Å²) in [5, 5.41) is 7.01. The summed E-state index contributed by atoms with van der Waals surface area (Å²) in [7, 11) is 0. The van der Waals surface area contributed by atoms with Crippen molar-refractivity contribution in [2.24, 2.45) is 0 Å². The van der Waals surface area contributed by atoms with Crippen LogP contribution >= 0.6 is 11.3 Å². The van der Waals surface area contributed by atoms with E-state index in [9.17, 15) is 0 Å². The summed E-state index contributed by atoms with van der Waals surface area (Å²) in [6, 6.07) is 0.681. The van der Waals surface area contributed by atoms with Crippen molar-refractivity contribution in [1.29, 1.82) is 0 Å². The topological polar surface area (TPSA) is 28.2 Å². The normalized spacial score (nSPS) is 21.8. The van der Waals surface area contributed by atoms with Crippen LogP contribution in [0.25, 0.3) is 0 Å². The number of nitrogens with zero attached hydrogens (tertiary/aromatic N) is 2. The molecule has 2 rings (SSSR count). The molecular formula is C15H27N3S. The average Bonchev–Trinajstić information content (AvgIpc) is 2.80. The van der Waals surface area contributed by atoms with Crippen molar-refractivity contribution < 1.29 is 0 Å². The van der Waals surface area contributed by atoms with Crippen molar-refractivity contribution in [2.45, 2.75) is 58.5 Å². The van der Waals surface area contributed by atoms with Crippen LogP contribution in [-0.4, -0.2) is 35.6 Å². The Balaban J connectivity index is 2.00. The fraction of sp³-hybridized carbons (Fsp3) is 0.800. The van der Waals surface area contributed by atoms with Crippen LogP contribution in [0.4, 0.5) is 0 Å². The molecule has 1 aliphatic heterocycles. The third-order valence-electron chi connectivity index (χ3n) is 3.75. The summed E-state index contributed by atoms with van der Waals surface area (Å²) in [6.07, 6.45) is 2.54. The van der Waals surface area contributed by atoms with Gasteiger partial charge in [-0.25, -0.2) is 4.98 Å². The maximum atomic E-state index is 4.83. The molecule has 1 fully saturated rings. The van der Waals surface area contributed by atoms with Crippen molar-refractivity contribution in [3.8, 4) is 0 Å². The van der Waals surface area contributed by atoms with Gasteiger partial charge in [-0.2, -0.15) is 0 Å². The average molecular weight is 281 g/mol. The van der Waals surface area contributed by atoms with E-state index >= 15 is 0 Å². The summed E-state index contributed by atoms with van der Waals surface area (Å²) in [4.78, 5) is 7.43. The second-order valence-electron chi connectivity index (χ2n) is 6.49. The molecule has 1 saturated heterocycles. The van der Waals surface area contributed by atoms with Crippen LogP contribution < -0.4 is 5.32 Å². The summed E-state index contributed by atoms with van der Waals surface area (Å²) in [6.45, 7) is 13.4. The Morgan fingerprint density at radius 2 is 2.26 bits per heavy atom. The lowest BCUT2D eigenvalue weighted by Crippen LogP contribution is -2.50. The van der Waals surface area contributed by atoms with E-state index in [-0.39, 0.29) is 5.41 Å². The maximum Gasteiger partial charge on any atom is 0.107 e. The Morgan fingerprint density at radius 1 is 1.47 bits per heavy atom. The molecule has 0 aromatic carbocycles. The Hall–Kier alpha value is -0.450. The van der Waals surface area contributed by atoms with Gasteiger partial charge in [0.05, 0.1) is 12.2 Å². The molecule has 1 aliphatic rings. The highest BCUT2D eigenvalue weighted by molar-refractivity contribution is 7.09. The monoisotopic (exact) mass is 281 g/mol. The van der Waals surface area contributed by atoms with Crippen LogP contribution in [0.15, 0.2) is 5.38 Å². The highest BCUT2D eigenvalue weighted by atomic mass is 32.1. The van der Waals surface area contributed by atoms with E-state index < -0.39 is 0 Å². The minimum absolute atomic E-state index is 0.168. The van der Waals surface area contributed by atoms with Crippen LogP contribution in [0.1, 0.15) is 51.2 Å². The van der Waals surface area contributed by atoms with Crippen molar-refractivity contribution in [1.82, 2.24) is 15.2 Å². The van der Waals surface area contributed by atoms with E-state index in [1.54, 1.807) is 0 Å². The molecule has 0 aliphatic carbocycles. The molecule has 0 radical (unpaired) electrons. The van der Waals surface area contributed by atoms with Crippen molar-refractivity contribution in [2.75, 3.05) is 19.6 Å². The number of aromatic nitrogens is 1. The van der Waals surface area contributed by atoms with E-state index in [1.807, 2.05) is 11.3 Å². The van der Waals surface area contributed by atoms with Gasteiger partial charge in [0.1, 0.15) is 5.01 Å². The largest absolute Gasteiger partial charge is 0.314 e. The summed E-state index contributed by atoms with van der Waals surface area (Å²) < 4.78 is 0. The second kappa shape index (κ2) is 6.33. The minimum Gasteiger partial charge on any atom is -0.314 e. The van der Waals surface area contributed by atoms with Crippen molar-refractivity contribution >= 4 is 11.3 Å². The molecule has 0 bridgehead atoms. The van der Waals surface area contributed by atoms with E-state index in [0.717, 1.165) is 26.2 Å². The van der Waals surface area contributed by atoms with Crippen LogP contribution in [0.3, 0.4) is 0 Å². The predicted molar refractivity (Wildman–Crippen MR) is 82.8 cm³/mol. The van der Waals surface area contributed by atoms with Gasteiger partial charge in [0, 0.05) is 36.5 Å². The van der Waals surface area contributed by atoms with Crippen LogP contribution in [-0.2, 0) is 12.0 Å². The van der Waals surface area contributed by atoms with Crippen LogP contribution in [0, 0.1) is 0 Å². The third kappa shape index (κ3) is 4.01. The zero-order valence-electron chi connectivity index (χ0n) is 12.7. The van der Waals surface area contributed by atoms with Gasteiger partial charge in [0.25, 0.3) is 0 Å². The molecule has 4 heteroatoms. The smallest absolute Gasteiger partial charge is 0.107 e. The molecule has 0 spiro atoms. The molecule has 3 nitrogen and oxygen atoms in total. The zero-order valence-corrected chi connectivity index (χ0v) is 13.5. The van der Waals surface area contributed by atoms with Gasteiger partial charge in [-0.1, -0.05) is 34.1 Å². The predicted octanol–water partition coefficient (Wildman–Crippen LogP) is 3.01. The molecular weight excluding hydrogens is 254 g/mol. The number of rotatable bonds is 4. The SMILES string of the molecule is CCCC1CNCCN1Cc1nc(C(C)(C)C)cs1. The highest BCUT2D eigenvalue weighted by Crippen LogP contribution is 2.25. The molecule has 19 heavy (non-hydrogen) atoms. The Morgan fingerprint density at radius 3 is 2.89 bits per heavy atom. The molecule has 2 heterocycles. The number of nitrogens with one attached hydrogen (secondary N) is 1. The number of piperazine rings is 1. The fourth-order valence-corrected chi connectivity index (χ4v) is 3.58. The van der Waals surface area contributed by atoms with Crippen LogP contribution in [0.5, 0.6) is 0 Å². The van der Waals surface area contributed by atoms with E-state index in [4.69, 9.17) is 4.98 Å². The van der Waals surface area contributed by atoms with Gasteiger partial charge in [-0.3, -0.25) is 4.90 Å². The lowest BCUT2D eigenvalue weighted by atomic mass is 9.93. The van der Waals surface area contributed by atoms with Gasteiger partial charge < -0.3 is 5.32 Å². The van der Waals surface area contributed by atoms with E-state index in [2.05, 4.69) is 43.3 Å². The zero-order chi connectivity index (χ0) is 13.9. The fourth-order valence-electron chi connectivity index (χ4n) is 2.53. The van der Waals surface area contributed by atoms with Crippen molar-refractivity contribution in [3.63, 3.8) is 0 Å². The lowest BCUT2D eigenvalue weighted by molar-refractivity contribution is 0.144. The molecule has 1 aromatic heterocycles. The van der Waals surface area contributed by atoms with Gasteiger partial charge >= 0.3 is 0 Å². The molecule has 0 amide bonds. The van der Waals surface area contributed by atoms with E-state index in [0.29, 0.717) is 6.04 Å². The first-order valence-electron chi connectivity index (χ1n) is 7.40.